The average molecular weight is 406 g/mol. The second kappa shape index (κ2) is 8.00. The number of rotatable bonds is 6. The zero-order valence-electron chi connectivity index (χ0n) is 16.5. The fourth-order valence-corrected chi connectivity index (χ4v) is 5.59. The van der Waals surface area contributed by atoms with E-state index < -0.39 is 7.60 Å². The summed E-state index contributed by atoms with van der Waals surface area (Å²) in [5.41, 5.74) is 1.32. The summed E-state index contributed by atoms with van der Waals surface area (Å²) in [6.45, 7) is 4.10. The predicted octanol–water partition coefficient (Wildman–Crippen LogP) is 6.26. The van der Waals surface area contributed by atoms with Gasteiger partial charge in [-0.1, -0.05) is 60.7 Å². The molecule has 0 saturated carbocycles. The zero-order valence-corrected chi connectivity index (χ0v) is 17.4. The Hall–Kier alpha value is -2.65. The number of hydrogen-bond acceptors (Lipinski definition) is 4. The number of phenolic OH excluding ortho intramolecular Hbond substituents is 1. The largest absolute Gasteiger partial charge is 0.507 e. The maximum absolute atomic E-state index is 13.8. The molecule has 0 aliphatic heterocycles. The van der Waals surface area contributed by atoms with Gasteiger partial charge in [0.1, 0.15) is 5.75 Å². The van der Waals surface area contributed by atoms with Crippen LogP contribution in [0.4, 0.5) is 0 Å². The van der Waals surface area contributed by atoms with Crippen molar-refractivity contribution in [2.45, 2.75) is 13.8 Å². The van der Waals surface area contributed by atoms with Crippen molar-refractivity contribution in [1.82, 2.24) is 0 Å². The van der Waals surface area contributed by atoms with Gasteiger partial charge in [0.15, 0.2) is 0 Å². The molecule has 5 heteroatoms. The van der Waals surface area contributed by atoms with Gasteiger partial charge in [-0.2, -0.15) is 0 Å². The molecule has 1 N–H and O–H groups in total. The highest BCUT2D eigenvalue weighted by atomic mass is 31.2. The van der Waals surface area contributed by atoms with Crippen LogP contribution in [0, 0.1) is 0 Å². The van der Waals surface area contributed by atoms with E-state index in [1.165, 1.54) is 0 Å². The lowest BCUT2D eigenvalue weighted by Gasteiger charge is -2.22. The zero-order chi connectivity index (χ0) is 20.4. The first kappa shape index (κ1) is 19.7. The molecule has 4 rings (SSSR count). The predicted molar refractivity (Wildman–Crippen MR) is 119 cm³/mol. The molecule has 29 heavy (non-hydrogen) atoms. The molecule has 148 valence electrons. The number of aromatic hydroxyl groups is 1. The van der Waals surface area contributed by atoms with Crippen molar-refractivity contribution in [3.8, 4) is 16.9 Å². The van der Waals surface area contributed by atoms with E-state index in [9.17, 15) is 9.67 Å². The van der Waals surface area contributed by atoms with Crippen LogP contribution in [0.25, 0.3) is 32.7 Å². The first-order valence-electron chi connectivity index (χ1n) is 9.71. The van der Waals surface area contributed by atoms with E-state index in [4.69, 9.17) is 9.05 Å². The Morgan fingerprint density at radius 2 is 1.24 bits per heavy atom. The molecule has 0 amide bonds. The summed E-state index contributed by atoms with van der Waals surface area (Å²) in [5.74, 6) is 0.126. The Morgan fingerprint density at radius 3 is 1.83 bits per heavy atom. The monoisotopic (exact) mass is 406 g/mol. The molecule has 4 nitrogen and oxygen atoms in total. The highest BCUT2D eigenvalue weighted by molar-refractivity contribution is 7.62. The van der Waals surface area contributed by atoms with Gasteiger partial charge in [-0.15, -0.1) is 0 Å². The first-order chi connectivity index (χ1) is 14.1. The second-order valence-corrected chi connectivity index (χ2v) is 8.69. The van der Waals surface area contributed by atoms with Crippen LogP contribution in [-0.4, -0.2) is 18.3 Å². The van der Waals surface area contributed by atoms with Crippen LogP contribution < -0.4 is 5.30 Å². The fourth-order valence-electron chi connectivity index (χ4n) is 3.79. The first-order valence-corrected chi connectivity index (χ1v) is 11.3. The topological polar surface area (TPSA) is 55.8 Å². The minimum atomic E-state index is -3.59. The van der Waals surface area contributed by atoms with E-state index in [2.05, 4.69) is 0 Å². The van der Waals surface area contributed by atoms with Crippen molar-refractivity contribution in [3.05, 3.63) is 72.8 Å². The van der Waals surface area contributed by atoms with Gasteiger partial charge in [0, 0.05) is 11.1 Å². The summed E-state index contributed by atoms with van der Waals surface area (Å²) in [6.07, 6.45) is 0. The maximum atomic E-state index is 13.8. The molecule has 0 heterocycles. The van der Waals surface area contributed by atoms with Crippen molar-refractivity contribution in [2.24, 2.45) is 0 Å². The molecular weight excluding hydrogens is 383 g/mol. The van der Waals surface area contributed by atoms with Gasteiger partial charge < -0.3 is 14.2 Å². The Morgan fingerprint density at radius 1 is 0.724 bits per heavy atom. The molecule has 0 saturated heterocycles. The minimum absolute atomic E-state index is 0.126. The summed E-state index contributed by atoms with van der Waals surface area (Å²) in [5, 5.41) is 15.1. The van der Waals surface area contributed by atoms with Crippen molar-refractivity contribution < 1.29 is 18.7 Å². The molecule has 0 atom stereocenters. The normalized spacial score (nSPS) is 11.9. The smallest absolute Gasteiger partial charge is 0.361 e. The van der Waals surface area contributed by atoms with Crippen LogP contribution in [0.1, 0.15) is 13.8 Å². The lowest BCUT2D eigenvalue weighted by Crippen LogP contribution is -2.14. The standard InChI is InChI=1S/C24H23O4P/c1-3-27-29(26,28-4-2)22-16-14-18-10-6-8-12-20(18)24(22)23-19-11-7-5-9-17(19)13-15-21(23)25/h5-16,25H,3-4H2,1-2H3. The molecule has 4 aromatic carbocycles. The van der Waals surface area contributed by atoms with Gasteiger partial charge in [0.2, 0.25) is 0 Å². The van der Waals surface area contributed by atoms with Crippen LogP contribution in [0.15, 0.2) is 72.8 Å². The molecule has 0 aromatic heterocycles. The van der Waals surface area contributed by atoms with E-state index in [-0.39, 0.29) is 19.0 Å². The molecule has 4 aromatic rings. The highest BCUT2D eigenvalue weighted by Gasteiger charge is 2.32. The SMILES string of the molecule is CCOP(=O)(OCC)c1ccc2ccccc2c1-c1c(O)ccc2ccccc12. The summed E-state index contributed by atoms with van der Waals surface area (Å²) < 4.78 is 25.1. The van der Waals surface area contributed by atoms with Crippen molar-refractivity contribution in [2.75, 3.05) is 13.2 Å². The van der Waals surface area contributed by atoms with Gasteiger partial charge in [0.25, 0.3) is 0 Å². The lowest BCUT2D eigenvalue weighted by molar-refractivity contribution is 0.230. The summed E-state index contributed by atoms with van der Waals surface area (Å²) in [7, 11) is -3.59. The molecule has 0 fully saturated rings. The molecule has 0 spiro atoms. The van der Waals surface area contributed by atoms with Gasteiger partial charge in [-0.3, -0.25) is 4.57 Å². The van der Waals surface area contributed by atoms with E-state index in [1.54, 1.807) is 26.0 Å². The van der Waals surface area contributed by atoms with Crippen LogP contribution in [-0.2, 0) is 13.6 Å². The van der Waals surface area contributed by atoms with Crippen LogP contribution in [0.2, 0.25) is 0 Å². The van der Waals surface area contributed by atoms with Crippen LogP contribution >= 0.6 is 7.60 Å². The molecule has 0 bridgehead atoms. The van der Waals surface area contributed by atoms with E-state index in [1.807, 2.05) is 60.7 Å². The quantitative estimate of drug-likeness (QED) is 0.384. The van der Waals surface area contributed by atoms with Gasteiger partial charge in [0.05, 0.1) is 18.5 Å². The third kappa shape index (κ3) is 3.44. The molecule has 0 aliphatic rings. The Balaban J connectivity index is 2.17. The van der Waals surface area contributed by atoms with E-state index in [0.29, 0.717) is 16.4 Å². The average Bonchev–Trinajstić information content (AvgIpc) is 2.73. The van der Waals surface area contributed by atoms with Crippen LogP contribution in [0.3, 0.4) is 0 Å². The van der Waals surface area contributed by atoms with Gasteiger partial charge in [-0.05, 0) is 47.5 Å². The van der Waals surface area contributed by atoms with E-state index in [0.717, 1.165) is 21.5 Å². The number of hydrogen-bond donors (Lipinski definition) is 1. The molecule has 0 aliphatic carbocycles. The van der Waals surface area contributed by atoms with Gasteiger partial charge in [-0.25, -0.2) is 0 Å². The Bertz CT molecular complexity index is 1220. The molecular formula is C24H23O4P. The third-order valence-electron chi connectivity index (χ3n) is 4.96. The Kier molecular flexibility index (Phi) is 5.42. The summed E-state index contributed by atoms with van der Waals surface area (Å²) >= 11 is 0. The fraction of sp³-hybridized carbons (Fsp3) is 0.167. The second-order valence-electron chi connectivity index (χ2n) is 6.69. The van der Waals surface area contributed by atoms with Crippen LogP contribution in [0.5, 0.6) is 5.75 Å². The maximum Gasteiger partial charge on any atom is 0.361 e. The summed E-state index contributed by atoms with van der Waals surface area (Å²) in [4.78, 5) is 0. The van der Waals surface area contributed by atoms with Crippen molar-refractivity contribution in [3.63, 3.8) is 0 Å². The Labute approximate surface area is 170 Å². The minimum Gasteiger partial charge on any atom is -0.507 e. The van der Waals surface area contributed by atoms with E-state index >= 15 is 0 Å². The lowest BCUT2D eigenvalue weighted by atomic mass is 9.93. The number of phenols is 1. The highest BCUT2D eigenvalue weighted by Crippen LogP contribution is 2.52. The number of benzene rings is 4. The molecule has 0 unspecified atom stereocenters. The van der Waals surface area contributed by atoms with Crippen molar-refractivity contribution >= 4 is 34.4 Å². The van der Waals surface area contributed by atoms with Gasteiger partial charge >= 0.3 is 7.60 Å². The third-order valence-corrected chi connectivity index (χ3v) is 7.12. The molecule has 0 radical (unpaired) electrons. The van der Waals surface area contributed by atoms with Crippen molar-refractivity contribution in [1.29, 1.82) is 0 Å². The summed E-state index contributed by atoms with van der Waals surface area (Å²) in [6, 6.07) is 23.0. The number of fused-ring (bicyclic) bond motifs is 2.